The minimum absolute atomic E-state index is 0.186. The average Bonchev–Trinajstić information content (AvgIpc) is 3.00. The second kappa shape index (κ2) is 7.80. The van der Waals surface area contributed by atoms with Gasteiger partial charge in [-0.25, -0.2) is 4.39 Å². The topological polar surface area (TPSA) is 35.2 Å². The standard InChI is InChI=1S/C21H26FNO/c1-15(17-7-9-19(22)10-8-17)13-16-5-11-20(12-6-16)24-14-18-3-2-4-21(18)23/h5-12,15,18,21H,2-4,13-14,23H2,1H3. The van der Waals surface area contributed by atoms with Crippen molar-refractivity contribution in [3.63, 3.8) is 0 Å². The molecule has 0 saturated heterocycles. The maximum Gasteiger partial charge on any atom is 0.123 e. The van der Waals surface area contributed by atoms with Gasteiger partial charge in [0.05, 0.1) is 6.61 Å². The van der Waals surface area contributed by atoms with Crippen molar-refractivity contribution < 1.29 is 9.13 Å². The molecule has 3 atom stereocenters. The molecule has 0 bridgehead atoms. The maximum atomic E-state index is 13.0. The van der Waals surface area contributed by atoms with Gasteiger partial charge in [-0.15, -0.1) is 0 Å². The molecule has 24 heavy (non-hydrogen) atoms. The van der Waals surface area contributed by atoms with Gasteiger partial charge >= 0.3 is 0 Å². The van der Waals surface area contributed by atoms with E-state index in [-0.39, 0.29) is 5.82 Å². The fourth-order valence-corrected chi connectivity index (χ4v) is 3.46. The molecule has 0 aromatic heterocycles. The lowest BCUT2D eigenvalue weighted by molar-refractivity contribution is 0.239. The Kier molecular flexibility index (Phi) is 5.52. The zero-order chi connectivity index (χ0) is 16.9. The van der Waals surface area contributed by atoms with Crippen LogP contribution in [0.3, 0.4) is 0 Å². The molecular weight excluding hydrogens is 301 g/mol. The first-order valence-corrected chi connectivity index (χ1v) is 8.84. The van der Waals surface area contributed by atoms with Crippen LogP contribution in [-0.4, -0.2) is 12.6 Å². The van der Waals surface area contributed by atoms with Crippen molar-refractivity contribution in [1.82, 2.24) is 0 Å². The van der Waals surface area contributed by atoms with Crippen LogP contribution in [0.1, 0.15) is 43.2 Å². The summed E-state index contributed by atoms with van der Waals surface area (Å²) in [6, 6.07) is 15.4. The SMILES string of the molecule is CC(Cc1ccc(OCC2CCCC2N)cc1)c1ccc(F)cc1. The van der Waals surface area contributed by atoms with Crippen molar-refractivity contribution in [2.45, 2.75) is 44.6 Å². The molecule has 0 aliphatic heterocycles. The Morgan fingerprint density at radius 3 is 2.42 bits per heavy atom. The van der Waals surface area contributed by atoms with Crippen LogP contribution in [0.5, 0.6) is 5.75 Å². The third-order valence-electron chi connectivity index (χ3n) is 5.09. The fourth-order valence-electron chi connectivity index (χ4n) is 3.46. The molecule has 3 unspecified atom stereocenters. The first-order chi connectivity index (χ1) is 11.6. The summed E-state index contributed by atoms with van der Waals surface area (Å²) < 4.78 is 18.9. The molecule has 0 amide bonds. The van der Waals surface area contributed by atoms with E-state index in [1.165, 1.54) is 30.5 Å². The third-order valence-corrected chi connectivity index (χ3v) is 5.09. The van der Waals surface area contributed by atoms with Gasteiger partial charge in [0.15, 0.2) is 0 Å². The molecule has 0 radical (unpaired) electrons. The summed E-state index contributed by atoms with van der Waals surface area (Å²) in [5, 5.41) is 0. The van der Waals surface area contributed by atoms with E-state index >= 15 is 0 Å². The van der Waals surface area contributed by atoms with Crippen LogP contribution < -0.4 is 10.5 Å². The van der Waals surface area contributed by atoms with Gasteiger partial charge in [-0.1, -0.05) is 37.6 Å². The molecule has 128 valence electrons. The summed E-state index contributed by atoms with van der Waals surface area (Å²) in [5.41, 5.74) is 8.50. The quantitative estimate of drug-likeness (QED) is 0.836. The fraction of sp³-hybridized carbons (Fsp3) is 0.429. The highest BCUT2D eigenvalue weighted by Gasteiger charge is 2.24. The molecule has 3 rings (SSSR count). The highest BCUT2D eigenvalue weighted by atomic mass is 19.1. The molecule has 1 fully saturated rings. The lowest BCUT2D eigenvalue weighted by Gasteiger charge is -2.16. The molecule has 3 heteroatoms. The molecule has 2 N–H and O–H groups in total. The van der Waals surface area contributed by atoms with E-state index in [9.17, 15) is 4.39 Å². The van der Waals surface area contributed by atoms with Gasteiger partial charge in [-0.3, -0.25) is 0 Å². The number of benzene rings is 2. The minimum atomic E-state index is -0.186. The van der Waals surface area contributed by atoms with Gasteiger partial charge in [0.25, 0.3) is 0 Å². The molecule has 1 aliphatic rings. The third kappa shape index (κ3) is 4.35. The number of halogens is 1. The van der Waals surface area contributed by atoms with Gasteiger partial charge < -0.3 is 10.5 Å². The Morgan fingerprint density at radius 1 is 1.08 bits per heavy atom. The van der Waals surface area contributed by atoms with Crippen molar-refractivity contribution in [2.75, 3.05) is 6.61 Å². The molecule has 0 spiro atoms. The van der Waals surface area contributed by atoms with E-state index in [0.29, 0.717) is 24.5 Å². The maximum absolute atomic E-state index is 13.0. The predicted molar refractivity (Wildman–Crippen MR) is 95.8 cm³/mol. The number of hydrogen-bond donors (Lipinski definition) is 1. The minimum Gasteiger partial charge on any atom is -0.493 e. The number of hydrogen-bond acceptors (Lipinski definition) is 2. The average molecular weight is 327 g/mol. The zero-order valence-corrected chi connectivity index (χ0v) is 14.2. The van der Waals surface area contributed by atoms with E-state index in [0.717, 1.165) is 24.2 Å². The molecule has 2 aromatic carbocycles. The van der Waals surface area contributed by atoms with Gasteiger partial charge in [0.2, 0.25) is 0 Å². The highest BCUT2D eigenvalue weighted by Crippen LogP contribution is 2.26. The summed E-state index contributed by atoms with van der Waals surface area (Å²) >= 11 is 0. The molecule has 2 nitrogen and oxygen atoms in total. The highest BCUT2D eigenvalue weighted by molar-refractivity contribution is 5.29. The molecule has 1 aliphatic carbocycles. The largest absolute Gasteiger partial charge is 0.493 e. The molecule has 1 saturated carbocycles. The van der Waals surface area contributed by atoms with E-state index in [2.05, 4.69) is 19.1 Å². The van der Waals surface area contributed by atoms with E-state index in [1.807, 2.05) is 24.3 Å². The normalized spacial score (nSPS) is 21.6. The Morgan fingerprint density at radius 2 is 1.79 bits per heavy atom. The monoisotopic (exact) mass is 327 g/mol. The smallest absolute Gasteiger partial charge is 0.123 e. The van der Waals surface area contributed by atoms with Crippen LogP contribution in [0, 0.1) is 11.7 Å². The summed E-state index contributed by atoms with van der Waals surface area (Å²) in [5.74, 6) is 1.57. The van der Waals surface area contributed by atoms with Crippen LogP contribution in [0.4, 0.5) is 4.39 Å². The van der Waals surface area contributed by atoms with E-state index < -0.39 is 0 Å². The Bertz CT molecular complexity index is 638. The van der Waals surface area contributed by atoms with Crippen LogP contribution in [0.25, 0.3) is 0 Å². The van der Waals surface area contributed by atoms with E-state index in [4.69, 9.17) is 10.5 Å². The van der Waals surface area contributed by atoms with Gasteiger partial charge in [0.1, 0.15) is 11.6 Å². The Hall–Kier alpha value is -1.87. The number of nitrogens with two attached hydrogens (primary N) is 1. The first-order valence-electron chi connectivity index (χ1n) is 8.84. The summed E-state index contributed by atoms with van der Waals surface area (Å²) in [7, 11) is 0. The molecule has 2 aromatic rings. The van der Waals surface area contributed by atoms with Crippen molar-refractivity contribution in [2.24, 2.45) is 11.7 Å². The summed E-state index contributed by atoms with van der Waals surface area (Å²) in [6.45, 7) is 2.88. The van der Waals surface area contributed by atoms with Crippen LogP contribution in [0.15, 0.2) is 48.5 Å². The summed E-state index contributed by atoms with van der Waals surface area (Å²) in [6.07, 6.45) is 4.44. The molecular formula is C21H26FNO. The Labute approximate surface area is 143 Å². The van der Waals surface area contributed by atoms with Gasteiger partial charge in [-0.05, 0) is 60.6 Å². The Balaban J connectivity index is 1.53. The number of rotatable bonds is 6. The first kappa shape index (κ1) is 17.0. The van der Waals surface area contributed by atoms with Crippen LogP contribution in [-0.2, 0) is 6.42 Å². The lowest BCUT2D eigenvalue weighted by Crippen LogP contribution is -2.28. The lowest BCUT2D eigenvalue weighted by atomic mass is 9.94. The van der Waals surface area contributed by atoms with Crippen molar-refractivity contribution >= 4 is 0 Å². The van der Waals surface area contributed by atoms with Crippen molar-refractivity contribution in [1.29, 1.82) is 0 Å². The van der Waals surface area contributed by atoms with Crippen molar-refractivity contribution in [3.8, 4) is 5.75 Å². The van der Waals surface area contributed by atoms with E-state index in [1.54, 1.807) is 0 Å². The second-order valence-electron chi connectivity index (χ2n) is 6.97. The zero-order valence-electron chi connectivity index (χ0n) is 14.2. The van der Waals surface area contributed by atoms with Crippen molar-refractivity contribution in [3.05, 3.63) is 65.5 Å². The van der Waals surface area contributed by atoms with Crippen LogP contribution >= 0.6 is 0 Å². The molecule has 0 heterocycles. The summed E-state index contributed by atoms with van der Waals surface area (Å²) in [4.78, 5) is 0. The van der Waals surface area contributed by atoms with Crippen LogP contribution in [0.2, 0.25) is 0 Å². The number of ether oxygens (including phenoxy) is 1. The van der Waals surface area contributed by atoms with Gasteiger partial charge in [-0.2, -0.15) is 0 Å². The second-order valence-corrected chi connectivity index (χ2v) is 6.97. The predicted octanol–water partition coefficient (Wildman–Crippen LogP) is 4.68. The van der Waals surface area contributed by atoms with Gasteiger partial charge in [0, 0.05) is 12.0 Å².